The molecule has 7 nitrogen and oxygen atoms in total. The quantitative estimate of drug-likeness (QED) is 0.359. The molecular weight excluding hydrogens is 432 g/mol. The maximum Gasteiger partial charge on any atom is 0.323 e. The first-order chi connectivity index (χ1) is 15.0. The Labute approximate surface area is 189 Å². The highest BCUT2D eigenvalue weighted by Crippen LogP contribution is 2.36. The summed E-state index contributed by atoms with van der Waals surface area (Å²) in [7, 11) is 0. The normalized spacial score (nSPS) is 10.9. The van der Waals surface area contributed by atoms with Crippen molar-refractivity contribution in [2.75, 3.05) is 10.6 Å². The maximum absolute atomic E-state index is 12.6. The minimum Gasteiger partial charge on any atom is -0.308 e. The van der Waals surface area contributed by atoms with E-state index in [0.29, 0.717) is 22.2 Å². The molecule has 31 heavy (non-hydrogen) atoms. The van der Waals surface area contributed by atoms with E-state index in [1.807, 2.05) is 31.2 Å². The fourth-order valence-corrected chi connectivity index (χ4v) is 4.48. The molecule has 158 valence electrons. The second kappa shape index (κ2) is 9.36. The number of para-hydroxylation sites is 1. The van der Waals surface area contributed by atoms with Crippen molar-refractivity contribution in [1.82, 2.24) is 19.6 Å². The van der Waals surface area contributed by atoms with Crippen molar-refractivity contribution in [2.24, 2.45) is 0 Å². The van der Waals surface area contributed by atoms with Crippen LogP contribution in [0.5, 0.6) is 0 Å². The minimum atomic E-state index is -0.332. The van der Waals surface area contributed by atoms with Gasteiger partial charge in [0.2, 0.25) is 0 Å². The van der Waals surface area contributed by atoms with E-state index in [0.717, 1.165) is 34.0 Å². The van der Waals surface area contributed by atoms with E-state index in [-0.39, 0.29) is 6.03 Å². The van der Waals surface area contributed by atoms with Crippen LogP contribution in [0.25, 0.3) is 5.78 Å². The zero-order chi connectivity index (χ0) is 21.8. The fourth-order valence-electron chi connectivity index (χ4n) is 3.18. The number of anilines is 2. The summed E-state index contributed by atoms with van der Waals surface area (Å²) in [6.07, 6.45) is 3.37. The average molecular weight is 453 g/mol. The minimum absolute atomic E-state index is 0.332. The van der Waals surface area contributed by atoms with E-state index < -0.39 is 0 Å². The first kappa shape index (κ1) is 21.1. The number of benzene rings is 2. The molecule has 9 heteroatoms. The number of hydrogen-bond donors (Lipinski definition) is 2. The molecule has 0 bridgehead atoms. The Morgan fingerprint density at radius 2 is 1.90 bits per heavy atom. The lowest BCUT2D eigenvalue weighted by Gasteiger charge is -2.15. The molecule has 0 aliphatic rings. The number of rotatable bonds is 6. The summed E-state index contributed by atoms with van der Waals surface area (Å²) in [5.74, 6) is 0.561. The topological polar surface area (TPSA) is 84.2 Å². The standard InChI is InChI=1S/C22H21ClN6OS/c1-3-6-17-14(2)26-21-24-13-25-29(21)20(17)31-19-8-5-4-7-18(19)28-22(30)27-16-11-9-15(23)10-12-16/h4-5,7-13H,3,6H2,1-2H3,(H2,27,28,30). The summed E-state index contributed by atoms with van der Waals surface area (Å²) in [4.78, 5) is 22.3. The van der Waals surface area contributed by atoms with Crippen LogP contribution in [0.2, 0.25) is 5.02 Å². The second-order valence-corrected chi connectivity index (χ2v) is 8.35. The molecular formula is C22H21ClN6OS. The van der Waals surface area contributed by atoms with Crippen molar-refractivity contribution < 1.29 is 4.79 Å². The molecule has 0 spiro atoms. The van der Waals surface area contributed by atoms with Gasteiger partial charge in [-0.1, -0.05) is 48.8 Å². The molecule has 0 fully saturated rings. The van der Waals surface area contributed by atoms with Crippen molar-refractivity contribution in [2.45, 2.75) is 36.6 Å². The molecule has 0 unspecified atom stereocenters. The number of carbonyl (C=O) groups excluding carboxylic acids is 1. The van der Waals surface area contributed by atoms with Crippen LogP contribution in [0.15, 0.2) is 64.8 Å². The summed E-state index contributed by atoms with van der Waals surface area (Å²) in [5.41, 5.74) is 3.43. The number of amides is 2. The van der Waals surface area contributed by atoms with Crippen LogP contribution >= 0.6 is 23.4 Å². The van der Waals surface area contributed by atoms with Gasteiger partial charge >= 0.3 is 6.03 Å². The van der Waals surface area contributed by atoms with Crippen molar-refractivity contribution in [3.8, 4) is 0 Å². The molecule has 0 aliphatic heterocycles. The fraction of sp³-hybridized carbons (Fsp3) is 0.182. The maximum atomic E-state index is 12.6. The number of aryl methyl sites for hydroxylation is 1. The molecule has 2 heterocycles. The Hall–Kier alpha value is -3.10. The number of hydrogen-bond acceptors (Lipinski definition) is 5. The summed E-state index contributed by atoms with van der Waals surface area (Å²) < 4.78 is 1.76. The van der Waals surface area contributed by atoms with Crippen molar-refractivity contribution >= 4 is 46.5 Å². The molecule has 2 aromatic carbocycles. The third-order valence-corrected chi connectivity index (χ3v) is 6.07. The molecule has 4 rings (SSSR count). The van der Waals surface area contributed by atoms with Gasteiger partial charge in [-0.05, 0) is 49.7 Å². The highest BCUT2D eigenvalue weighted by Gasteiger charge is 2.17. The number of aromatic nitrogens is 4. The van der Waals surface area contributed by atoms with E-state index >= 15 is 0 Å². The first-order valence-electron chi connectivity index (χ1n) is 9.85. The lowest BCUT2D eigenvalue weighted by Crippen LogP contribution is -2.19. The highest BCUT2D eigenvalue weighted by molar-refractivity contribution is 7.99. The number of fused-ring (bicyclic) bond motifs is 1. The highest BCUT2D eigenvalue weighted by atomic mass is 35.5. The third-order valence-electron chi connectivity index (χ3n) is 4.63. The third kappa shape index (κ3) is 4.81. The van der Waals surface area contributed by atoms with E-state index in [9.17, 15) is 4.79 Å². The molecule has 2 aromatic heterocycles. The molecule has 2 N–H and O–H groups in total. The van der Waals surface area contributed by atoms with Gasteiger partial charge in [0.1, 0.15) is 11.4 Å². The molecule has 0 radical (unpaired) electrons. The second-order valence-electron chi connectivity index (χ2n) is 6.89. The predicted molar refractivity (Wildman–Crippen MR) is 124 cm³/mol. The lowest BCUT2D eigenvalue weighted by atomic mass is 10.1. The smallest absolute Gasteiger partial charge is 0.308 e. The van der Waals surface area contributed by atoms with E-state index in [2.05, 4.69) is 32.6 Å². The van der Waals surface area contributed by atoms with E-state index in [1.54, 1.807) is 28.8 Å². The Morgan fingerprint density at radius 3 is 2.68 bits per heavy atom. The average Bonchev–Trinajstić information content (AvgIpc) is 3.21. The van der Waals surface area contributed by atoms with Crippen LogP contribution in [0.3, 0.4) is 0 Å². The zero-order valence-electron chi connectivity index (χ0n) is 17.1. The Morgan fingerprint density at radius 1 is 1.13 bits per heavy atom. The van der Waals surface area contributed by atoms with Gasteiger partial charge in [-0.15, -0.1) is 0 Å². The van der Waals surface area contributed by atoms with Crippen molar-refractivity contribution in [3.05, 3.63) is 71.1 Å². The Balaban J connectivity index is 1.62. The Kier molecular flexibility index (Phi) is 6.39. The van der Waals surface area contributed by atoms with Crippen LogP contribution in [-0.4, -0.2) is 25.6 Å². The molecule has 0 saturated heterocycles. The van der Waals surface area contributed by atoms with Crippen LogP contribution < -0.4 is 10.6 Å². The monoisotopic (exact) mass is 452 g/mol. The molecule has 0 aliphatic carbocycles. The van der Waals surface area contributed by atoms with E-state index in [4.69, 9.17) is 11.6 Å². The molecule has 0 saturated carbocycles. The number of urea groups is 1. The first-order valence-corrected chi connectivity index (χ1v) is 11.0. The van der Waals surface area contributed by atoms with Crippen LogP contribution in [0, 0.1) is 6.92 Å². The summed E-state index contributed by atoms with van der Waals surface area (Å²) in [6, 6.07) is 14.3. The summed E-state index contributed by atoms with van der Waals surface area (Å²) in [5, 5.41) is 11.7. The van der Waals surface area contributed by atoms with Gasteiger partial charge < -0.3 is 10.6 Å². The van der Waals surface area contributed by atoms with E-state index in [1.165, 1.54) is 18.1 Å². The van der Waals surface area contributed by atoms with Crippen molar-refractivity contribution in [1.29, 1.82) is 0 Å². The number of carbonyl (C=O) groups is 1. The SMILES string of the molecule is CCCc1c(C)nc2ncnn2c1Sc1ccccc1NC(=O)Nc1ccc(Cl)cc1. The van der Waals surface area contributed by atoms with Crippen LogP contribution in [0.1, 0.15) is 24.6 Å². The number of nitrogens with zero attached hydrogens (tertiary/aromatic N) is 4. The van der Waals surface area contributed by atoms with Gasteiger partial charge in [0, 0.05) is 26.9 Å². The van der Waals surface area contributed by atoms with Gasteiger partial charge in [-0.3, -0.25) is 0 Å². The van der Waals surface area contributed by atoms with Gasteiger partial charge in [0.05, 0.1) is 5.69 Å². The van der Waals surface area contributed by atoms with Crippen molar-refractivity contribution in [3.63, 3.8) is 0 Å². The summed E-state index contributed by atoms with van der Waals surface area (Å²) in [6.45, 7) is 4.13. The number of nitrogens with one attached hydrogen (secondary N) is 2. The zero-order valence-corrected chi connectivity index (χ0v) is 18.7. The van der Waals surface area contributed by atoms with Crippen LogP contribution in [0.4, 0.5) is 16.2 Å². The molecule has 4 aromatic rings. The number of halogens is 1. The molecule has 2 amide bonds. The Bertz CT molecular complexity index is 1220. The lowest BCUT2D eigenvalue weighted by molar-refractivity contribution is 0.262. The largest absolute Gasteiger partial charge is 0.323 e. The van der Waals surface area contributed by atoms with Gasteiger partial charge in [-0.2, -0.15) is 14.6 Å². The van der Waals surface area contributed by atoms with Gasteiger partial charge in [-0.25, -0.2) is 9.78 Å². The van der Waals surface area contributed by atoms with Gasteiger partial charge in [0.15, 0.2) is 0 Å². The summed E-state index contributed by atoms with van der Waals surface area (Å²) >= 11 is 7.45. The molecule has 0 atom stereocenters. The van der Waals surface area contributed by atoms with Crippen LogP contribution in [-0.2, 0) is 6.42 Å². The predicted octanol–water partition coefficient (Wildman–Crippen LogP) is 5.83. The van der Waals surface area contributed by atoms with Gasteiger partial charge in [0.25, 0.3) is 5.78 Å².